The fraction of sp³-hybridized carbons (Fsp3) is 0.0769. The maximum Gasteiger partial charge on any atom is 0.488 e. The third-order valence-corrected chi connectivity index (χ3v) is 6.90. The third kappa shape index (κ3) is 9.91. The summed E-state index contributed by atoms with van der Waals surface area (Å²) in [5.41, 5.74) is 4.53. The zero-order chi connectivity index (χ0) is 28.4. The van der Waals surface area contributed by atoms with E-state index in [-0.39, 0.29) is 16.3 Å². The lowest BCUT2D eigenvalue weighted by Gasteiger charge is -2.04. The van der Waals surface area contributed by atoms with Crippen LogP contribution in [0.25, 0.3) is 11.1 Å². The minimum atomic E-state index is -1.35. The van der Waals surface area contributed by atoms with Gasteiger partial charge >= 0.3 is 7.12 Å². The van der Waals surface area contributed by atoms with Crippen molar-refractivity contribution in [2.75, 3.05) is 0 Å². The van der Waals surface area contributed by atoms with Gasteiger partial charge in [-0.3, -0.25) is 20.2 Å². The van der Waals surface area contributed by atoms with Gasteiger partial charge in [-0.25, -0.2) is 0 Å². The summed E-state index contributed by atoms with van der Waals surface area (Å²) in [6.07, 6.45) is 0. The Kier molecular flexibility index (Phi) is 12.5. The molecular weight excluding hydrogens is 734 g/mol. The molecule has 196 valence electrons. The molecule has 12 heteroatoms. The Labute approximate surface area is 250 Å². The Morgan fingerprint density at radius 1 is 0.711 bits per heavy atom. The van der Waals surface area contributed by atoms with Gasteiger partial charge < -0.3 is 10.0 Å². The highest BCUT2D eigenvalue weighted by molar-refractivity contribution is 14.1. The molecule has 0 saturated carbocycles. The zero-order valence-electron chi connectivity index (χ0n) is 20.2. The summed E-state index contributed by atoms with van der Waals surface area (Å²) in [6, 6.07) is 24.8. The first-order valence-corrected chi connectivity index (χ1v) is 13.6. The molecule has 0 spiro atoms. The summed E-state index contributed by atoms with van der Waals surface area (Å²) < 4.78 is 2.08. The summed E-state index contributed by atoms with van der Waals surface area (Å²) >= 11 is 8.33. The predicted octanol–water partition coefficient (Wildman–Crippen LogP) is 6.97. The monoisotopic (exact) mass is 754 g/mol. The number of hydrogen-bond donors (Lipinski definition) is 2. The van der Waals surface area contributed by atoms with Gasteiger partial charge in [-0.05, 0) is 71.7 Å². The van der Waals surface area contributed by atoms with E-state index in [2.05, 4.69) is 31.9 Å². The maximum absolute atomic E-state index is 11.0. The Morgan fingerprint density at radius 3 is 1.61 bits per heavy atom. The van der Waals surface area contributed by atoms with E-state index in [1.807, 2.05) is 78.9 Å². The van der Waals surface area contributed by atoms with Crippen LogP contribution in [-0.4, -0.2) is 27.0 Å². The summed E-state index contributed by atoms with van der Waals surface area (Å²) in [7, 11) is -1.35. The number of halogens is 3. The van der Waals surface area contributed by atoms with Crippen LogP contribution in [0.1, 0.15) is 11.1 Å². The fourth-order valence-corrected chi connectivity index (χ4v) is 4.23. The molecule has 2 N–H and O–H groups in total. The quantitative estimate of drug-likeness (QED) is 0.100. The second-order valence-electron chi connectivity index (χ2n) is 7.92. The van der Waals surface area contributed by atoms with Crippen molar-refractivity contribution in [3.05, 3.63) is 129 Å². The molecule has 4 aromatic carbocycles. The van der Waals surface area contributed by atoms with E-state index in [1.165, 1.54) is 12.1 Å². The molecule has 0 amide bonds. The lowest BCUT2D eigenvalue weighted by Crippen LogP contribution is -2.29. The van der Waals surface area contributed by atoms with E-state index in [0.717, 1.165) is 21.2 Å². The van der Waals surface area contributed by atoms with Crippen molar-refractivity contribution in [1.82, 2.24) is 0 Å². The Morgan fingerprint density at radius 2 is 1.16 bits per heavy atom. The standard InChI is InChI=1S/C13H10BrNO2.C7H9BO2.C6H3BrINO2/c1-9-2-4-10(5-3-9)12-7-6-11(14)8-13(12)15(16)17;1-6-2-4-7(5-3-6)8(9)10;7-4-1-2-5(8)6(3-4)9(10)11/h2-8H,1H3;2-5,9-10H,1H3;1-3H. The molecule has 0 saturated heterocycles. The van der Waals surface area contributed by atoms with Crippen LogP contribution >= 0.6 is 54.5 Å². The molecule has 38 heavy (non-hydrogen) atoms. The van der Waals surface area contributed by atoms with Gasteiger partial charge in [0.25, 0.3) is 11.4 Å². The maximum atomic E-state index is 11.0. The van der Waals surface area contributed by atoms with Gasteiger partial charge in [0.15, 0.2) is 0 Å². The third-order valence-electron chi connectivity index (χ3n) is 5.00. The van der Waals surface area contributed by atoms with Crippen LogP contribution in [0.2, 0.25) is 0 Å². The van der Waals surface area contributed by atoms with Gasteiger partial charge in [-0.2, -0.15) is 0 Å². The van der Waals surface area contributed by atoms with E-state index >= 15 is 0 Å². The van der Waals surface area contributed by atoms with Crippen LogP contribution in [0.4, 0.5) is 11.4 Å². The summed E-state index contributed by atoms with van der Waals surface area (Å²) in [5.74, 6) is 0. The van der Waals surface area contributed by atoms with Crippen LogP contribution in [0.15, 0.2) is 93.9 Å². The Bertz CT molecular complexity index is 1400. The first-order chi connectivity index (χ1) is 17.9. The van der Waals surface area contributed by atoms with Gasteiger partial charge in [0.05, 0.1) is 19.0 Å². The lowest BCUT2D eigenvalue weighted by atomic mass is 9.80. The number of hydrogen-bond acceptors (Lipinski definition) is 6. The average Bonchev–Trinajstić information content (AvgIpc) is 2.87. The van der Waals surface area contributed by atoms with Crippen molar-refractivity contribution in [1.29, 1.82) is 0 Å². The number of nitrogens with zero attached hydrogens (tertiary/aromatic N) is 2. The van der Waals surface area contributed by atoms with Crippen LogP contribution < -0.4 is 5.46 Å². The van der Waals surface area contributed by atoms with Crippen molar-refractivity contribution < 1.29 is 19.9 Å². The van der Waals surface area contributed by atoms with Crippen molar-refractivity contribution in [2.45, 2.75) is 13.8 Å². The molecule has 4 aromatic rings. The Balaban J connectivity index is 0.000000211. The topological polar surface area (TPSA) is 127 Å². The van der Waals surface area contributed by atoms with Gasteiger partial charge in [-0.15, -0.1) is 0 Å². The van der Waals surface area contributed by atoms with Crippen LogP contribution in [0, 0.1) is 37.6 Å². The first kappa shape index (κ1) is 31.6. The molecule has 0 aliphatic heterocycles. The molecule has 0 aliphatic carbocycles. The second-order valence-corrected chi connectivity index (χ2v) is 10.9. The largest absolute Gasteiger partial charge is 0.488 e. The number of nitro groups is 2. The van der Waals surface area contributed by atoms with E-state index in [9.17, 15) is 20.2 Å². The molecule has 0 heterocycles. The van der Waals surface area contributed by atoms with Crippen molar-refractivity contribution in [3.8, 4) is 11.1 Å². The van der Waals surface area contributed by atoms with Crippen molar-refractivity contribution in [2.24, 2.45) is 0 Å². The number of nitro benzene ring substituents is 2. The number of benzene rings is 4. The SMILES string of the molecule is Cc1ccc(-c2ccc(Br)cc2[N+](=O)[O-])cc1.Cc1ccc(B(O)O)cc1.O=[N+]([O-])c1cc(Br)ccc1I. The van der Waals surface area contributed by atoms with Crippen molar-refractivity contribution >= 4 is 78.4 Å². The lowest BCUT2D eigenvalue weighted by molar-refractivity contribution is -0.385. The minimum Gasteiger partial charge on any atom is -0.423 e. The molecule has 0 bridgehead atoms. The molecule has 8 nitrogen and oxygen atoms in total. The summed E-state index contributed by atoms with van der Waals surface area (Å²) in [6.45, 7) is 3.94. The highest BCUT2D eigenvalue weighted by Gasteiger charge is 2.15. The molecule has 0 aromatic heterocycles. The molecular formula is C26H22BBr2IN2O6. The Hall–Kier alpha value is -2.65. The molecule has 0 radical (unpaired) electrons. The highest BCUT2D eigenvalue weighted by atomic mass is 127. The smallest absolute Gasteiger partial charge is 0.423 e. The van der Waals surface area contributed by atoms with Gasteiger partial charge in [-0.1, -0.05) is 91.5 Å². The van der Waals surface area contributed by atoms with E-state index in [0.29, 0.717) is 19.1 Å². The predicted molar refractivity (Wildman–Crippen MR) is 165 cm³/mol. The number of rotatable bonds is 4. The summed E-state index contributed by atoms with van der Waals surface area (Å²) in [5, 5.41) is 38.7. The van der Waals surface area contributed by atoms with Crippen LogP contribution in [0.3, 0.4) is 0 Å². The van der Waals surface area contributed by atoms with E-state index < -0.39 is 12.0 Å². The van der Waals surface area contributed by atoms with Gasteiger partial charge in [0.1, 0.15) is 0 Å². The fourth-order valence-electron chi connectivity index (χ4n) is 3.00. The average molecular weight is 756 g/mol. The van der Waals surface area contributed by atoms with E-state index in [4.69, 9.17) is 10.0 Å². The molecule has 0 fully saturated rings. The first-order valence-electron chi connectivity index (χ1n) is 10.9. The second kappa shape index (κ2) is 15.1. The van der Waals surface area contributed by atoms with E-state index in [1.54, 1.807) is 30.3 Å². The van der Waals surface area contributed by atoms with Crippen LogP contribution in [0.5, 0.6) is 0 Å². The van der Waals surface area contributed by atoms with Gasteiger partial charge in [0.2, 0.25) is 0 Å². The van der Waals surface area contributed by atoms with Crippen molar-refractivity contribution in [3.63, 3.8) is 0 Å². The zero-order valence-corrected chi connectivity index (χ0v) is 25.5. The molecule has 4 rings (SSSR count). The van der Waals surface area contributed by atoms with Gasteiger partial charge in [0, 0.05) is 21.1 Å². The molecule has 0 atom stereocenters. The normalized spacial score (nSPS) is 9.87. The minimum absolute atomic E-state index is 0.114. The van der Waals surface area contributed by atoms with Crippen LogP contribution in [-0.2, 0) is 0 Å². The molecule has 0 aliphatic rings. The number of aryl methyl sites for hydroxylation is 2. The highest BCUT2D eigenvalue weighted by Crippen LogP contribution is 2.32. The summed E-state index contributed by atoms with van der Waals surface area (Å²) in [4.78, 5) is 20.6. The molecule has 0 unspecified atom stereocenters.